The van der Waals surface area contributed by atoms with Crippen LogP contribution in [0.2, 0.25) is 0 Å². The number of amides is 1. The van der Waals surface area contributed by atoms with Crippen LogP contribution in [-0.2, 0) is 0 Å². The molecule has 0 aliphatic heterocycles. The lowest BCUT2D eigenvalue weighted by Crippen LogP contribution is -2.23. The monoisotopic (exact) mass is 249 g/mol. The van der Waals surface area contributed by atoms with Gasteiger partial charge in [-0.1, -0.05) is 20.8 Å². The van der Waals surface area contributed by atoms with Gasteiger partial charge in [0.15, 0.2) is 0 Å². The van der Waals surface area contributed by atoms with E-state index in [1.165, 1.54) is 0 Å². The van der Waals surface area contributed by atoms with Gasteiger partial charge in [0.1, 0.15) is 5.69 Å². The number of carbonyl (C=O) groups is 1. The molecule has 0 saturated carbocycles. The molecule has 4 heteroatoms. The molecular formula is C14H23N3O. The minimum Gasteiger partial charge on any atom is -0.385 e. The molecule has 1 amide bonds. The van der Waals surface area contributed by atoms with E-state index < -0.39 is 0 Å². The minimum atomic E-state index is -0.128. The highest BCUT2D eigenvalue weighted by Crippen LogP contribution is 2.18. The van der Waals surface area contributed by atoms with Crippen LogP contribution in [0.5, 0.6) is 0 Å². The number of aromatic nitrogens is 1. The lowest BCUT2D eigenvalue weighted by atomic mass is 9.92. The third-order valence-corrected chi connectivity index (χ3v) is 2.53. The van der Waals surface area contributed by atoms with Gasteiger partial charge < -0.3 is 10.6 Å². The molecule has 0 aliphatic rings. The fraction of sp³-hybridized carbons (Fsp3) is 0.571. The highest BCUT2D eigenvalue weighted by atomic mass is 16.1. The first-order valence-electron chi connectivity index (χ1n) is 6.40. The van der Waals surface area contributed by atoms with Crippen LogP contribution >= 0.6 is 0 Å². The average molecular weight is 249 g/mol. The Balaban J connectivity index is 2.57. The summed E-state index contributed by atoms with van der Waals surface area (Å²) in [4.78, 5) is 15.7. The van der Waals surface area contributed by atoms with Crippen LogP contribution in [-0.4, -0.2) is 24.0 Å². The number of hydrogen-bond acceptors (Lipinski definition) is 3. The first kappa shape index (κ1) is 14.5. The molecule has 0 radical (unpaired) electrons. The number of pyridine rings is 1. The Bertz CT molecular complexity index is 396. The second-order valence-corrected chi connectivity index (χ2v) is 5.53. The predicted octanol–water partition coefficient (Wildman–Crippen LogP) is 2.68. The zero-order valence-electron chi connectivity index (χ0n) is 11.7. The summed E-state index contributed by atoms with van der Waals surface area (Å²) in [6, 6.07) is 3.67. The molecule has 1 rings (SSSR count). The molecule has 0 aromatic carbocycles. The van der Waals surface area contributed by atoms with Crippen LogP contribution in [0, 0.1) is 5.41 Å². The standard InChI is InChI=1S/C14H23N3O/c1-5-15-13(18)12-10-11(6-8-17-12)16-9-7-14(2,3)4/h6,8,10H,5,7,9H2,1-4H3,(H,15,18)(H,16,17). The second-order valence-electron chi connectivity index (χ2n) is 5.53. The maximum Gasteiger partial charge on any atom is 0.269 e. The maximum absolute atomic E-state index is 11.6. The van der Waals surface area contributed by atoms with Gasteiger partial charge in [0, 0.05) is 25.0 Å². The summed E-state index contributed by atoms with van der Waals surface area (Å²) < 4.78 is 0. The van der Waals surface area contributed by atoms with E-state index in [0.29, 0.717) is 17.7 Å². The second kappa shape index (κ2) is 6.38. The molecule has 1 aromatic heterocycles. The van der Waals surface area contributed by atoms with E-state index in [4.69, 9.17) is 0 Å². The smallest absolute Gasteiger partial charge is 0.269 e. The van der Waals surface area contributed by atoms with Crippen LogP contribution in [0.25, 0.3) is 0 Å². The zero-order chi connectivity index (χ0) is 13.6. The number of nitrogens with zero attached hydrogens (tertiary/aromatic N) is 1. The fourth-order valence-electron chi connectivity index (χ4n) is 1.50. The van der Waals surface area contributed by atoms with Crippen molar-refractivity contribution in [1.82, 2.24) is 10.3 Å². The quantitative estimate of drug-likeness (QED) is 0.843. The van der Waals surface area contributed by atoms with E-state index in [-0.39, 0.29) is 5.91 Å². The van der Waals surface area contributed by atoms with Crippen molar-refractivity contribution in [3.05, 3.63) is 24.0 Å². The van der Waals surface area contributed by atoms with Gasteiger partial charge in [-0.15, -0.1) is 0 Å². The lowest BCUT2D eigenvalue weighted by Gasteiger charge is -2.18. The Kier molecular flexibility index (Phi) is 5.13. The van der Waals surface area contributed by atoms with Crippen molar-refractivity contribution in [1.29, 1.82) is 0 Å². The summed E-state index contributed by atoms with van der Waals surface area (Å²) in [6.45, 7) is 10.0. The largest absolute Gasteiger partial charge is 0.385 e. The summed E-state index contributed by atoms with van der Waals surface area (Å²) >= 11 is 0. The summed E-state index contributed by atoms with van der Waals surface area (Å²) in [5.41, 5.74) is 1.70. The molecule has 0 bridgehead atoms. The highest BCUT2D eigenvalue weighted by Gasteiger charge is 2.10. The molecule has 0 spiro atoms. The first-order chi connectivity index (χ1) is 8.42. The number of anilines is 1. The Morgan fingerprint density at radius 2 is 2.11 bits per heavy atom. The zero-order valence-corrected chi connectivity index (χ0v) is 11.7. The molecule has 0 aliphatic carbocycles. The third kappa shape index (κ3) is 5.17. The molecule has 1 heterocycles. The number of hydrogen-bond donors (Lipinski definition) is 2. The first-order valence-corrected chi connectivity index (χ1v) is 6.40. The Hall–Kier alpha value is -1.58. The Morgan fingerprint density at radius 3 is 2.72 bits per heavy atom. The van der Waals surface area contributed by atoms with Crippen molar-refractivity contribution in [2.45, 2.75) is 34.1 Å². The average Bonchev–Trinajstić information content (AvgIpc) is 2.28. The van der Waals surface area contributed by atoms with E-state index in [2.05, 4.69) is 36.4 Å². The molecule has 0 saturated heterocycles. The molecule has 100 valence electrons. The third-order valence-electron chi connectivity index (χ3n) is 2.53. The van der Waals surface area contributed by atoms with Crippen LogP contribution in [0.15, 0.2) is 18.3 Å². The molecule has 0 fully saturated rings. The maximum atomic E-state index is 11.6. The summed E-state index contributed by atoms with van der Waals surface area (Å²) in [7, 11) is 0. The summed E-state index contributed by atoms with van der Waals surface area (Å²) in [6.07, 6.45) is 2.73. The highest BCUT2D eigenvalue weighted by molar-refractivity contribution is 5.93. The van der Waals surface area contributed by atoms with E-state index in [9.17, 15) is 4.79 Å². The number of carbonyl (C=O) groups excluding carboxylic acids is 1. The fourth-order valence-corrected chi connectivity index (χ4v) is 1.50. The van der Waals surface area contributed by atoms with Gasteiger partial charge in [-0.25, -0.2) is 0 Å². The van der Waals surface area contributed by atoms with Gasteiger partial charge in [-0.3, -0.25) is 9.78 Å². The summed E-state index contributed by atoms with van der Waals surface area (Å²) in [5, 5.41) is 6.06. The van der Waals surface area contributed by atoms with Crippen LogP contribution in [0.1, 0.15) is 44.6 Å². The van der Waals surface area contributed by atoms with Crippen LogP contribution < -0.4 is 10.6 Å². The van der Waals surface area contributed by atoms with E-state index in [1.54, 1.807) is 12.3 Å². The Morgan fingerprint density at radius 1 is 1.39 bits per heavy atom. The normalized spacial score (nSPS) is 11.1. The summed E-state index contributed by atoms with van der Waals surface area (Å²) in [5.74, 6) is -0.128. The van der Waals surface area contributed by atoms with E-state index in [1.807, 2.05) is 13.0 Å². The van der Waals surface area contributed by atoms with E-state index in [0.717, 1.165) is 18.7 Å². The molecule has 4 nitrogen and oxygen atoms in total. The van der Waals surface area contributed by atoms with Crippen molar-refractivity contribution < 1.29 is 4.79 Å². The van der Waals surface area contributed by atoms with Gasteiger partial charge in [0.2, 0.25) is 0 Å². The number of rotatable bonds is 5. The topological polar surface area (TPSA) is 54.0 Å². The SMILES string of the molecule is CCNC(=O)c1cc(NCCC(C)(C)C)ccn1. The van der Waals surface area contributed by atoms with Crippen molar-refractivity contribution in [3.8, 4) is 0 Å². The number of nitrogens with one attached hydrogen (secondary N) is 2. The van der Waals surface area contributed by atoms with Crippen molar-refractivity contribution in [2.75, 3.05) is 18.4 Å². The van der Waals surface area contributed by atoms with Gasteiger partial charge in [0.05, 0.1) is 0 Å². The Labute approximate surface area is 109 Å². The van der Waals surface area contributed by atoms with Crippen molar-refractivity contribution in [3.63, 3.8) is 0 Å². The lowest BCUT2D eigenvalue weighted by molar-refractivity contribution is 0.0951. The van der Waals surface area contributed by atoms with Crippen LogP contribution in [0.3, 0.4) is 0 Å². The van der Waals surface area contributed by atoms with Gasteiger partial charge in [0.25, 0.3) is 5.91 Å². The van der Waals surface area contributed by atoms with Crippen molar-refractivity contribution >= 4 is 11.6 Å². The molecular weight excluding hydrogens is 226 g/mol. The molecule has 0 unspecified atom stereocenters. The minimum absolute atomic E-state index is 0.128. The molecule has 0 atom stereocenters. The predicted molar refractivity (Wildman–Crippen MR) is 74.8 cm³/mol. The van der Waals surface area contributed by atoms with Gasteiger partial charge >= 0.3 is 0 Å². The molecule has 1 aromatic rings. The van der Waals surface area contributed by atoms with Crippen molar-refractivity contribution in [2.24, 2.45) is 5.41 Å². The molecule has 2 N–H and O–H groups in total. The van der Waals surface area contributed by atoms with Gasteiger partial charge in [-0.05, 0) is 30.9 Å². The van der Waals surface area contributed by atoms with Gasteiger partial charge in [-0.2, -0.15) is 0 Å². The molecule has 18 heavy (non-hydrogen) atoms. The van der Waals surface area contributed by atoms with E-state index >= 15 is 0 Å². The van der Waals surface area contributed by atoms with Crippen LogP contribution in [0.4, 0.5) is 5.69 Å².